The minimum Gasteiger partial charge on any atom is -0.326 e. The van der Waals surface area contributed by atoms with Crippen LogP contribution in [0.1, 0.15) is 49.9 Å². The van der Waals surface area contributed by atoms with E-state index in [0.29, 0.717) is 24.2 Å². The number of hydrogen-bond donors (Lipinski definition) is 1. The summed E-state index contributed by atoms with van der Waals surface area (Å²) in [6.07, 6.45) is 3.54. The number of rotatable bonds is 8. The number of hydrogen-bond acceptors (Lipinski definition) is 2. The predicted molar refractivity (Wildman–Crippen MR) is 103 cm³/mol. The van der Waals surface area contributed by atoms with Crippen LogP contribution in [0.25, 0.3) is 0 Å². The van der Waals surface area contributed by atoms with Gasteiger partial charge in [0, 0.05) is 29.9 Å². The Bertz CT molecular complexity index is 698. The molecule has 2 amide bonds. The standard InChI is InChI=1S/C21H26N2O2/c1-3-5-7-15-20(24)22-18-12-10-11-17(16-18)21(25)23(4-2)19-13-8-6-9-14-19/h6,8-14,16H,3-5,7,15H2,1-2H3,(H,22,24). The van der Waals surface area contributed by atoms with Crippen LogP contribution in [0, 0.1) is 0 Å². The molecule has 2 aromatic rings. The summed E-state index contributed by atoms with van der Waals surface area (Å²) in [5, 5.41) is 2.88. The first-order valence-electron chi connectivity index (χ1n) is 8.92. The lowest BCUT2D eigenvalue weighted by molar-refractivity contribution is -0.116. The van der Waals surface area contributed by atoms with Crippen LogP contribution in [0.3, 0.4) is 0 Å². The molecule has 4 heteroatoms. The van der Waals surface area contributed by atoms with Crippen LogP contribution in [0.2, 0.25) is 0 Å². The molecule has 2 rings (SSSR count). The summed E-state index contributed by atoms with van der Waals surface area (Å²) in [4.78, 5) is 26.5. The van der Waals surface area contributed by atoms with Gasteiger partial charge in [-0.3, -0.25) is 9.59 Å². The second-order valence-corrected chi connectivity index (χ2v) is 5.97. The summed E-state index contributed by atoms with van der Waals surface area (Å²) in [6, 6.07) is 16.7. The van der Waals surface area contributed by atoms with Crippen molar-refractivity contribution in [3.63, 3.8) is 0 Å². The molecule has 25 heavy (non-hydrogen) atoms. The molecule has 4 nitrogen and oxygen atoms in total. The van der Waals surface area contributed by atoms with Gasteiger partial charge in [0.2, 0.25) is 5.91 Å². The molecule has 0 spiro atoms. The number of nitrogens with one attached hydrogen (secondary N) is 1. The molecule has 1 N–H and O–H groups in total. The van der Waals surface area contributed by atoms with E-state index in [1.54, 1.807) is 23.1 Å². The molecule has 0 aliphatic heterocycles. The fraction of sp³-hybridized carbons (Fsp3) is 0.333. The van der Waals surface area contributed by atoms with Crippen LogP contribution in [0.5, 0.6) is 0 Å². The van der Waals surface area contributed by atoms with Crippen LogP contribution in [0.4, 0.5) is 11.4 Å². The maximum atomic E-state index is 12.8. The number of anilines is 2. The number of nitrogens with zero attached hydrogens (tertiary/aromatic N) is 1. The van der Waals surface area contributed by atoms with Crippen molar-refractivity contribution in [2.45, 2.75) is 39.5 Å². The highest BCUT2D eigenvalue weighted by atomic mass is 16.2. The number of unbranched alkanes of at least 4 members (excludes halogenated alkanes) is 2. The van der Waals surface area contributed by atoms with E-state index in [2.05, 4.69) is 12.2 Å². The first kappa shape index (κ1) is 18.7. The summed E-state index contributed by atoms with van der Waals surface area (Å²) in [7, 11) is 0. The molecule has 0 bridgehead atoms. The van der Waals surface area contributed by atoms with Crippen molar-refractivity contribution in [2.75, 3.05) is 16.8 Å². The predicted octanol–water partition coefficient (Wildman–Crippen LogP) is 4.87. The van der Waals surface area contributed by atoms with E-state index in [4.69, 9.17) is 0 Å². The molecule has 0 saturated carbocycles. The van der Waals surface area contributed by atoms with E-state index in [9.17, 15) is 9.59 Å². The zero-order valence-corrected chi connectivity index (χ0v) is 15.0. The van der Waals surface area contributed by atoms with Crippen LogP contribution in [-0.4, -0.2) is 18.4 Å². The molecule has 0 radical (unpaired) electrons. The Kier molecular flexibility index (Phi) is 7.20. The average Bonchev–Trinajstić information content (AvgIpc) is 2.63. The topological polar surface area (TPSA) is 49.4 Å². The fourth-order valence-corrected chi connectivity index (χ4v) is 2.70. The van der Waals surface area contributed by atoms with Gasteiger partial charge in [0.15, 0.2) is 0 Å². The highest BCUT2D eigenvalue weighted by Gasteiger charge is 2.16. The van der Waals surface area contributed by atoms with Crippen molar-refractivity contribution >= 4 is 23.2 Å². The molecule has 0 fully saturated rings. The third-order valence-electron chi connectivity index (χ3n) is 4.03. The van der Waals surface area contributed by atoms with Crippen molar-refractivity contribution in [3.8, 4) is 0 Å². The molecule has 0 aliphatic rings. The lowest BCUT2D eigenvalue weighted by Crippen LogP contribution is -2.30. The average molecular weight is 338 g/mol. The lowest BCUT2D eigenvalue weighted by atomic mass is 10.1. The summed E-state index contributed by atoms with van der Waals surface area (Å²) in [5.41, 5.74) is 2.09. The molecule has 0 aliphatic carbocycles. The summed E-state index contributed by atoms with van der Waals surface area (Å²) in [5.74, 6) is -0.0794. The number of para-hydroxylation sites is 1. The molecule has 0 unspecified atom stereocenters. The monoisotopic (exact) mass is 338 g/mol. The second-order valence-electron chi connectivity index (χ2n) is 5.97. The van der Waals surface area contributed by atoms with Gasteiger partial charge in [0.05, 0.1) is 0 Å². The minimum atomic E-state index is -0.0734. The molecular formula is C21H26N2O2. The van der Waals surface area contributed by atoms with Gasteiger partial charge >= 0.3 is 0 Å². The Morgan fingerprint density at radius 2 is 1.72 bits per heavy atom. The Morgan fingerprint density at radius 1 is 0.960 bits per heavy atom. The van der Waals surface area contributed by atoms with Gasteiger partial charge in [-0.1, -0.05) is 44.0 Å². The number of carbonyl (C=O) groups is 2. The molecule has 0 aromatic heterocycles. The van der Waals surface area contributed by atoms with Gasteiger partial charge in [0.25, 0.3) is 5.91 Å². The Balaban J connectivity index is 2.09. The quantitative estimate of drug-likeness (QED) is 0.698. The third-order valence-corrected chi connectivity index (χ3v) is 4.03. The normalized spacial score (nSPS) is 10.3. The number of carbonyl (C=O) groups excluding carboxylic acids is 2. The number of benzene rings is 2. The Labute approximate surface area is 149 Å². The molecular weight excluding hydrogens is 312 g/mol. The largest absolute Gasteiger partial charge is 0.326 e. The lowest BCUT2D eigenvalue weighted by Gasteiger charge is -2.21. The van der Waals surface area contributed by atoms with Crippen molar-refractivity contribution < 1.29 is 9.59 Å². The highest BCUT2D eigenvalue weighted by molar-refractivity contribution is 6.07. The first-order valence-corrected chi connectivity index (χ1v) is 8.92. The summed E-state index contributed by atoms with van der Waals surface area (Å²) < 4.78 is 0. The van der Waals surface area contributed by atoms with Crippen molar-refractivity contribution in [2.24, 2.45) is 0 Å². The van der Waals surface area contributed by atoms with E-state index < -0.39 is 0 Å². The van der Waals surface area contributed by atoms with Gasteiger partial charge in [-0.25, -0.2) is 0 Å². The van der Waals surface area contributed by atoms with E-state index in [0.717, 1.165) is 24.9 Å². The maximum absolute atomic E-state index is 12.8. The smallest absolute Gasteiger partial charge is 0.258 e. The van der Waals surface area contributed by atoms with Gasteiger partial charge in [-0.15, -0.1) is 0 Å². The van der Waals surface area contributed by atoms with Gasteiger partial charge in [-0.05, 0) is 43.7 Å². The zero-order valence-electron chi connectivity index (χ0n) is 15.0. The van der Waals surface area contributed by atoms with Crippen molar-refractivity contribution in [1.82, 2.24) is 0 Å². The van der Waals surface area contributed by atoms with E-state index >= 15 is 0 Å². The van der Waals surface area contributed by atoms with Gasteiger partial charge in [0.1, 0.15) is 0 Å². The molecule has 132 valence electrons. The molecule has 2 aromatic carbocycles. The van der Waals surface area contributed by atoms with Crippen molar-refractivity contribution in [3.05, 3.63) is 60.2 Å². The summed E-state index contributed by atoms with van der Waals surface area (Å²) in [6.45, 7) is 4.64. The van der Waals surface area contributed by atoms with Crippen LogP contribution in [0.15, 0.2) is 54.6 Å². The highest BCUT2D eigenvalue weighted by Crippen LogP contribution is 2.19. The van der Waals surface area contributed by atoms with Gasteiger partial charge in [-0.2, -0.15) is 0 Å². The number of amides is 2. The molecule has 0 heterocycles. The van der Waals surface area contributed by atoms with Crippen LogP contribution >= 0.6 is 0 Å². The fourth-order valence-electron chi connectivity index (χ4n) is 2.70. The second kappa shape index (κ2) is 9.62. The van der Waals surface area contributed by atoms with Crippen molar-refractivity contribution in [1.29, 1.82) is 0 Å². The first-order chi connectivity index (χ1) is 12.2. The Hall–Kier alpha value is -2.62. The molecule has 0 atom stereocenters. The van der Waals surface area contributed by atoms with E-state index in [-0.39, 0.29) is 11.8 Å². The van der Waals surface area contributed by atoms with E-state index in [1.807, 2.05) is 43.3 Å². The Morgan fingerprint density at radius 3 is 2.40 bits per heavy atom. The maximum Gasteiger partial charge on any atom is 0.258 e. The summed E-state index contributed by atoms with van der Waals surface area (Å²) >= 11 is 0. The van der Waals surface area contributed by atoms with Crippen LogP contribution in [-0.2, 0) is 4.79 Å². The third kappa shape index (κ3) is 5.45. The zero-order chi connectivity index (χ0) is 18.1. The minimum absolute atomic E-state index is 0.00606. The van der Waals surface area contributed by atoms with Gasteiger partial charge < -0.3 is 10.2 Å². The van der Waals surface area contributed by atoms with Crippen LogP contribution < -0.4 is 10.2 Å². The SMILES string of the molecule is CCCCCC(=O)Nc1cccc(C(=O)N(CC)c2ccccc2)c1. The van der Waals surface area contributed by atoms with E-state index in [1.165, 1.54) is 0 Å². The molecule has 0 saturated heterocycles.